The summed E-state index contributed by atoms with van der Waals surface area (Å²) in [4.78, 5) is 2.40. The number of benzene rings is 3. The van der Waals surface area contributed by atoms with Crippen LogP contribution in [-0.4, -0.2) is 7.05 Å². The Bertz CT molecular complexity index is 1290. The zero-order valence-corrected chi connectivity index (χ0v) is 18.3. The molecule has 5 rings (SSSR count). The summed E-state index contributed by atoms with van der Waals surface area (Å²) in [6.07, 6.45) is 3.29. The van der Waals surface area contributed by atoms with Crippen LogP contribution < -0.4 is 9.47 Å². The lowest BCUT2D eigenvalue weighted by Crippen LogP contribution is -2.33. The zero-order chi connectivity index (χ0) is 20.5. The first kappa shape index (κ1) is 18.2. The SMILES string of the molecule is Cc1c2c(cc3ccccc13)N(C)c1cc(CC(C)(C)C)cc3cc[n+](C)c-2c13. The van der Waals surface area contributed by atoms with Crippen LogP contribution in [0, 0.1) is 12.3 Å². The maximum atomic E-state index is 2.41. The van der Waals surface area contributed by atoms with Crippen LogP contribution >= 0.6 is 0 Å². The molecule has 1 aliphatic rings. The Morgan fingerprint density at radius 1 is 0.931 bits per heavy atom. The third kappa shape index (κ3) is 2.73. The fourth-order valence-corrected chi connectivity index (χ4v) is 5.03. The van der Waals surface area contributed by atoms with E-state index in [2.05, 4.69) is 106 Å². The molecular weight excluding hydrogens is 352 g/mol. The number of hydrogen-bond donors (Lipinski definition) is 0. The van der Waals surface area contributed by atoms with E-state index in [1.54, 1.807) is 0 Å². The smallest absolute Gasteiger partial charge is 0.224 e. The van der Waals surface area contributed by atoms with Crippen LogP contribution in [-0.2, 0) is 13.5 Å². The maximum absolute atomic E-state index is 2.41. The molecule has 0 aliphatic carbocycles. The van der Waals surface area contributed by atoms with Crippen molar-refractivity contribution in [2.45, 2.75) is 34.1 Å². The Morgan fingerprint density at radius 2 is 1.69 bits per heavy atom. The number of pyridine rings is 1. The fourth-order valence-electron chi connectivity index (χ4n) is 5.03. The number of anilines is 2. The van der Waals surface area contributed by atoms with Crippen LogP contribution in [0.15, 0.2) is 54.7 Å². The van der Waals surface area contributed by atoms with Gasteiger partial charge in [0, 0.05) is 13.1 Å². The third-order valence-corrected chi connectivity index (χ3v) is 6.26. The van der Waals surface area contributed by atoms with Crippen LogP contribution in [0.3, 0.4) is 0 Å². The summed E-state index contributed by atoms with van der Waals surface area (Å²) < 4.78 is 2.29. The molecule has 2 nitrogen and oxygen atoms in total. The first-order chi connectivity index (χ1) is 13.7. The van der Waals surface area contributed by atoms with E-state index in [-0.39, 0.29) is 5.41 Å². The zero-order valence-electron chi connectivity index (χ0n) is 18.3. The van der Waals surface area contributed by atoms with Gasteiger partial charge in [-0.2, -0.15) is 0 Å². The van der Waals surface area contributed by atoms with Gasteiger partial charge in [-0.25, -0.2) is 4.57 Å². The van der Waals surface area contributed by atoms with Gasteiger partial charge in [0.15, 0.2) is 6.20 Å². The summed E-state index contributed by atoms with van der Waals surface area (Å²) >= 11 is 0. The van der Waals surface area contributed by atoms with E-state index in [0.29, 0.717) is 0 Å². The van der Waals surface area contributed by atoms with Gasteiger partial charge in [-0.15, -0.1) is 0 Å². The topological polar surface area (TPSA) is 7.12 Å². The van der Waals surface area contributed by atoms with Crippen molar-refractivity contribution < 1.29 is 4.57 Å². The molecule has 3 aromatic carbocycles. The molecule has 0 bridgehead atoms. The van der Waals surface area contributed by atoms with Gasteiger partial charge in [-0.05, 0) is 58.2 Å². The molecule has 0 radical (unpaired) electrons. The lowest BCUT2D eigenvalue weighted by molar-refractivity contribution is -0.659. The largest absolute Gasteiger partial charge is 0.343 e. The summed E-state index contributed by atoms with van der Waals surface area (Å²) in [5, 5.41) is 5.34. The standard InChI is InChI=1S/C27H29N2/c1-17-21-10-8-7-9-19(21)15-23-24(17)26-25-20(11-12-28(26)5)13-18(16-27(2,3)4)14-22(25)29(23)6/h7-15H,16H2,1-6H3/q+1. The van der Waals surface area contributed by atoms with Crippen LogP contribution in [0.1, 0.15) is 31.9 Å². The second-order valence-corrected chi connectivity index (χ2v) is 9.77. The Kier molecular flexibility index (Phi) is 3.80. The third-order valence-electron chi connectivity index (χ3n) is 6.26. The van der Waals surface area contributed by atoms with Crippen molar-refractivity contribution >= 4 is 32.9 Å². The summed E-state index contributed by atoms with van der Waals surface area (Å²) in [6.45, 7) is 9.21. The van der Waals surface area contributed by atoms with Crippen molar-refractivity contribution in [1.82, 2.24) is 0 Å². The number of rotatable bonds is 1. The highest BCUT2D eigenvalue weighted by Gasteiger charge is 2.31. The predicted molar refractivity (Wildman–Crippen MR) is 124 cm³/mol. The van der Waals surface area contributed by atoms with Crippen molar-refractivity contribution in [2.24, 2.45) is 12.5 Å². The molecule has 0 unspecified atom stereocenters. The summed E-state index contributed by atoms with van der Waals surface area (Å²) in [6, 6.07) is 18.2. The minimum atomic E-state index is 0.264. The minimum Gasteiger partial charge on any atom is -0.343 e. The average molecular weight is 382 g/mol. The second kappa shape index (κ2) is 6.06. The van der Waals surface area contributed by atoms with E-state index in [9.17, 15) is 0 Å². The van der Waals surface area contributed by atoms with E-state index in [4.69, 9.17) is 0 Å². The van der Waals surface area contributed by atoms with Crippen molar-refractivity contribution in [3.63, 3.8) is 0 Å². The van der Waals surface area contributed by atoms with Crippen molar-refractivity contribution in [2.75, 3.05) is 11.9 Å². The van der Waals surface area contributed by atoms with Crippen LogP contribution in [0.5, 0.6) is 0 Å². The van der Waals surface area contributed by atoms with Crippen LogP contribution in [0.25, 0.3) is 32.8 Å². The Hall–Kier alpha value is -2.87. The van der Waals surface area contributed by atoms with Gasteiger partial charge in [0.05, 0.1) is 22.3 Å². The van der Waals surface area contributed by atoms with Crippen molar-refractivity contribution in [3.05, 3.63) is 65.9 Å². The van der Waals surface area contributed by atoms with E-state index < -0.39 is 0 Å². The van der Waals surface area contributed by atoms with Gasteiger partial charge in [-0.3, -0.25) is 0 Å². The quantitative estimate of drug-likeness (QED) is 0.343. The molecule has 0 fully saturated rings. The first-order valence-electron chi connectivity index (χ1n) is 10.5. The molecule has 1 aliphatic heterocycles. The first-order valence-corrected chi connectivity index (χ1v) is 10.5. The Morgan fingerprint density at radius 3 is 2.45 bits per heavy atom. The van der Waals surface area contributed by atoms with Crippen molar-refractivity contribution in [1.29, 1.82) is 0 Å². The number of aromatic nitrogens is 1. The van der Waals surface area contributed by atoms with E-state index in [0.717, 1.165) is 6.42 Å². The molecule has 0 amide bonds. The fraction of sp³-hybridized carbons (Fsp3) is 0.296. The molecule has 0 N–H and O–H groups in total. The molecule has 1 aromatic heterocycles. The molecule has 0 saturated carbocycles. The summed E-state index contributed by atoms with van der Waals surface area (Å²) in [5.74, 6) is 0. The highest BCUT2D eigenvalue weighted by atomic mass is 15.1. The summed E-state index contributed by atoms with van der Waals surface area (Å²) in [5.41, 5.74) is 8.33. The van der Waals surface area contributed by atoms with Gasteiger partial charge >= 0.3 is 0 Å². The predicted octanol–water partition coefficient (Wildman–Crippen LogP) is 6.46. The van der Waals surface area contributed by atoms with E-state index in [1.165, 1.54) is 55.3 Å². The maximum Gasteiger partial charge on any atom is 0.224 e. The van der Waals surface area contributed by atoms with Gasteiger partial charge in [0.2, 0.25) is 5.69 Å². The Labute approximate surface area is 173 Å². The monoisotopic (exact) mass is 381 g/mol. The molecule has 0 spiro atoms. The molecule has 146 valence electrons. The van der Waals surface area contributed by atoms with Gasteiger partial charge in [-0.1, -0.05) is 51.1 Å². The molecular formula is C27H29N2+. The molecule has 4 aromatic rings. The van der Waals surface area contributed by atoms with E-state index >= 15 is 0 Å². The molecule has 0 atom stereocenters. The number of fused-ring (bicyclic) bond motifs is 3. The lowest BCUT2D eigenvalue weighted by atomic mass is 9.85. The molecule has 29 heavy (non-hydrogen) atoms. The van der Waals surface area contributed by atoms with Gasteiger partial charge in [0.1, 0.15) is 7.05 Å². The lowest BCUT2D eigenvalue weighted by Gasteiger charge is -2.31. The Balaban J connectivity index is 1.90. The van der Waals surface area contributed by atoms with Gasteiger partial charge in [0.25, 0.3) is 0 Å². The normalized spacial score (nSPS) is 13.2. The highest BCUT2D eigenvalue weighted by Crippen LogP contribution is 2.49. The van der Waals surface area contributed by atoms with Crippen LogP contribution in [0.2, 0.25) is 0 Å². The summed E-state index contributed by atoms with van der Waals surface area (Å²) in [7, 11) is 4.39. The van der Waals surface area contributed by atoms with Crippen LogP contribution in [0.4, 0.5) is 11.4 Å². The average Bonchev–Trinajstić information content (AvgIpc) is 2.66. The molecule has 2 heteroatoms. The van der Waals surface area contributed by atoms with Crippen molar-refractivity contribution in [3.8, 4) is 11.3 Å². The molecule has 2 heterocycles. The second-order valence-electron chi connectivity index (χ2n) is 9.77. The number of nitrogens with zero attached hydrogens (tertiary/aromatic N) is 2. The molecule has 0 saturated heterocycles. The van der Waals surface area contributed by atoms with E-state index in [1.807, 2.05) is 0 Å². The number of hydrogen-bond acceptors (Lipinski definition) is 1. The minimum absolute atomic E-state index is 0.264. The highest BCUT2D eigenvalue weighted by molar-refractivity contribution is 6.12. The van der Waals surface area contributed by atoms with Gasteiger partial charge < -0.3 is 4.90 Å². The number of aryl methyl sites for hydroxylation is 2.